The van der Waals surface area contributed by atoms with Crippen molar-refractivity contribution >= 4 is 40.6 Å². The lowest BCUT2D eigenvalue weighted by Crippen LogP contribution is -2.44. The number of nitrogens with zero attached hydrogens (tertiary/aromatic N) is 1. The first-order chi connectivity index (χ1) is 9.79. The molecule has 2 N–H and O–H groups in total. The van der Waals surface area contributed by atoms with Gasteiger partial charge in [0.2, 0.25) is 0 Å². The van der Waals surface area contributed by atoms with Crippen LogP contribution in [0.25, 0.3) is 0 Å². The summed E-state index contributed by atoms with van der Waals surface area (Å²) in [6.45, 7) is 7.84. The molecule has 4 nitrogen and oxygen atoms in total. The van der Waals surface area contributed by atoms with E-state index in [9.17, 15) is 4.79 Å². The van der Waals surface area contributed by atoms with Gasteiger partial charge >= 0.3 is 0 Å². The lowest BCUT2D eigenvalue weighted by Gasteiger charge is -2.20. The van der Waals surface area contributed by atoms with Gasteiger partial charge in [-0.2, -0.15) is 0 Å². The molecule has 0 spiro atoms. The van der Waals surface area contributed by atoms with Crippen molar-refractivity contribution in [2.24, 2.45) is 0 Å². The molecule has 1 fully saturated rings. The van der Waals surface area contributed by atoms with Gasteiger partial charge in [0, 0.05) is 18.7 Å². The Labute approximate surface area is 135 Å². The number of hydrogen-bond acceptors (Lipinski definition) is 3. The fourth-order valence-corrected chi connectivity index (χ4v) is 2.64. The minimum absolute atomic E-state index is 0.0672. The fraction of sp³-hybridized carbons (Fsp3) is 0.400. The highest BCUT2D eigenvalue weighted by atomic mass is 32.1. The second-order valence-electron chi connectivity index (χ2n) is 5.97. The van der Waals surface area contributed by atoms with Gasteiger partial charge in [0.15, 0.2) is 10.2 Å². The predicted octanol–water partition coefficient (Wildman–Crippen LogP) is 2.19. The molecule has 2 rings (SSSR count). The molecule has 1 aliphatic heterocycles. The first kappa shape index (κ1) is 15.9. The van der Waals surface area contributed by atoms with Crippen molar-refractivity contribution in [3.63, 3.8) is 0 Å². The van der Waals surface area contributed by atoms with Gasteiger partial charge in [-0.3, -0.25) is 15.0 Å². The third kappa shape index (κ3) is 3.77. The number of carbonyl (C=O) groups is 1. The van der Waals surface area contributed by atoms with Gasteiger partial charge in [0.05, 0.1) is 0 Å². The quantitative estimate of drug-likeness (QED) is 0.776. The second kappa shape index (κ2) is 6.07. The van der Waals surface area contributed by atoms with Crippen molar-refractivity contribution in [1.82, 2.24) is 15.5 Å². The fourth-order valence-electron chi connectivity index (χ4n) is 2.02. The van der Waals surface area contributed by atoms with Gasteiger partial charge in [0.25, 0.3) is 5.91 Å². The van der Waals surface area contributed by atoms with Crippen LogP contribution in [0.1, 0.15) is 36.7 Å². The van der Waals surface area contributed by atoms with Crippen LogP contribution in [-0.2, 0) is 5.41 Å². The number of carbonyl (C=O) groups excluding carboxylic acids is 1. The summed E-state index contributed by atoms with van der Waals surface area (Å²) in [7, 11) is 0. The average molecular weight is 321 g/mol. The minimum Gasteiger partial charge on any atom is -0.360 e. The van der Waals surface area contributed by atoms with Crippen molar-refractivity contribution in [2.75, 3.05) is 13.1 Å². The molecule has 1 amide bonds. The Morgan fingerprint density at radius 2 is 1.90 bits per heavy atom. The zero-order valence-corrected chi connectivity index (χ0v) is 14.0. The van der Waals surface area contributed by atoms with Gasteiger partial charge in [-0.15, -0.1) is 0 Å². The number of rotatable bonds is 1. The molecule has 112 valence electrons. The SMILES string of the molecule is CC(C)(C)c1ccc(C(=O)NC(=S)N2CCNC2=S)cc1. The van der Waals surface area contributed by atoms with Crippen LogP contribution in [-0.4, -0.2) is 34.1 Å². The summed E-state index contributed by atoms with van der Waals surface area (Å²) in [5.74, 6) is -0.213. The maximum atomic E-state index is 12.2. The van der Waals surface area contributed by atoms with E-state index in [0.29, 0.717) is 22.3 Å². The molecule has 0 aromatic heterocycles. The normalized spacial score (nSPS) is 14.8. The lowest BCUT2D eigenvalue weighted by atomic mass is 9.87. The van der Waals surface area contributed by atoms with Crippen LogP contribution in [0.5, 0.6) is 0 Å². The Hall–Kier alpha value is -1.53. The smallest absolute Gasteiger partial charge is 0.257 e. The summed E-state index contributed by atoms with van der Waals surface area (Å²) >= 11 is 10.3. The van der Waals surface area contributed by atoms with E-state index in [2.05, 4.69) is 31.4 Å². The van der Waals surface area contributed by atoms with Gasteiger partial charge in [0.1, 0.15) is 0 Å². The zero-order chi connectivity index (χ0) is 15.6. The summed E-state index contributed by atoms with van der Waals surface area (Å²) in [5.41, 5.74) is 1.84. The largest absolute Gasteiger partial charge is 0.360 e. The molecule has 1 heterocycles. The van der Waals surface area contributed by atoms with Crippen molar-refractivity contribution in [3.05, 3.63) is 35.4 Å². The van der Waals surface area contributed by atoms with Crippen LogP contribution < -0.4 is 10.6 Å². The van der Waals surface area contributed by atoms with E-state index in [4.69, 9.17) is 24.4 Å². The molecule has 6 heteroatoms. The molecular weight excluding hydrogens is 302 g/mol. The molecule has 0 atom stereocenters. The Kier molecular flexibility index (Phi) is 4.58. The molecule has 1 aromatic carbocycles. The molecule has 0 bridgehead atoms. The van der Waals surface area contributed by atoms with E-state index in [1.54, 1.807) is 4.90 Å². The Balaban J connectivity index is 2.03. The van der Waals surface area contributed by atoms with Crippen LogP contribution in [0.3, 0.4) is 0 Å². The lowest BCUT2D eigenvalue weighted by molar-refractivity contribution is 0.0975. The molecule has 21 heavy (non-hydrogen) atoms. The third-order valence-corrected chi connectivity index (χ3v) is 4.02. The van der Waals surface area contributed by atoms with E-state index in [1.165, 1.54) is 5.56 Å². The third-order valence-electron chi connectivity index (χ3n) is 3.34. The van der Waals surface area contributed by atoms with Gasteiger partial charge in [-0.25, -0.2) is 0 Å². The number of benzene rings is 1. The molecular formula is C15H19N3OS2. The van der Waals surface area contributed by atoms with Crippen molar-refractivity contribution in [3.8, 4) is 0 Å². The number of thiocarbonyl (C=S) groups is 2. The molecule has 0 radical (unpaired) electrons. The van der Waals surface area contributed by atoms with Crippen molar-refractivity contribution in [1.29, 1.82) is 0 Å². The van der Waals surface area contributed by atoms with E-state index >= 15 is 0 Å². The minimum atomic E-state index is -0.213. The monoisotopic (exact) mass is 321 g/mol. The van der Waals surface area contributed by atoms with Crippen LogP contribution in [0.15, 0.2) is 24.3 Å². The van der Waals surface area contributed by atoms with Crippen molar-refractivity contribution < 1.29 is 4.79 Å². The van der Waals surface area contributed by atoms with Crippen LogP contribution in [0, 0.1) is 0 Å². The first-order valence-corrected chi connectivity index (χ1v) is 7.62. The number of amides is 1. The molecule has 1 aliphatic rings. The molecule has 0 aliphatic carbocycles. The Morgan fingerprint density at radius 1 is 1.29 bits per heavy atom. The predicted molar refractivity (Wildman–Crippen MR) is 92.5 cm³/mol. The van der Waals surface area contributed by atoms with Crippen LogP contribution in [0.2, 0.25) is 0 Å². The molecule has 1 saturated heterocycles. The zero-order valence-electron chi connectivity index (χ0n) is 12.4. The van der Waals surface area contributed by atoms with Crippen molar-refractivity contribution in [2.45, 2.75) is 26.2 Å². The Bertz CT molecular complexity index is 576. The number of nitrogens with one attached hydrogen (secondary N) is 2. The molecule has 0 saturated carbocycles. The van der Waals surface area contributed by atoms with Crippen LogP contribution in [0.4, 0.5) is 0 Å². The van der Waals surface area contributed by atoms with E-state index in [-0.39, 0.29) is 11.3 Å². The maximum Gasteiger partial charge on any atom is 0.257 e. The maximum absolute atomic E-state index is 12.2. The highest BCUT2D eigenvalue weighted by Crippen LogP contribution is 2.22. The summed E-state index contributed by atoms with van der Waals surface area (Å²) in [6, 6.07) is 7.58. The second-order valence-corrected chi connectivity index (χ2v) is 6.74. The van der Waals surface area contributed by atoms with E-state index in [0.717, 1.165) is 6.54 Å². The topological polar surface area (TPSA) is 44.4 Å². The summed E-state index contributed by atoms with van der Waals surface area (Å²) < 4.78 is 0. The highest BCUT2D eigenvalue weighted by molar-refractivity contribution is 7.81. The Morgan fingerprint density at radius 3 is 2.38 bits per heavy atom. The highest BCUT2D eigenvalue weighted by Gasteiger charge is 2.22. The average Bonchev–Trinajstić information content (AvgIpc) is 2.84. The molecule has 1 aromatic rings. The van der Waals surface area contributed by atoms with E-state index < -0.39 is 0 Å². The van der Waals surface area contributed by atoms with Gasteiger partial charge in [-0.1, -0.05) is 32.9 Å². The van der Waals surface area contributed by atoms with Crippen LogP contribution >= 0.6 is 24.4 Å². The first-order valence-electron chi connectivity index (χ1n) is 6.80. The van der Waals surface area contributed by atoms with E-state index in [1.807, 2.05) is 24.3 Å². The summed E-state index contributed by atoms with van der Waals surface area (Å²) in [6.07, 6.45) is 0. The number of hydrogen-bond donors (Lipinski definition) is 2. The standard InChI is InChI=1S/C15H19N3OS2/c1-15(2,3)11-6-4-10(5-7-11)12(19)17-14(21)18-9-8-16-13(18)20/h4-7H,8-9H2,1-3H3,(H,16,20)(H,17,19,21). The summed E-state index contributed by atoms with van der Waals surface area (Å²) in [5, 5.41) is 6.63. The van der Waals surface area contributed by atoms with Gasteiger partial charge < -0.3 is 5.32 Å². The molecule has 0 unspecified atom stereocenters. The summed E-state index contributed by atoms with van der Waals surface area (Å²) in [4.78, 5) is 13.9. The van der Waals surface area contributed by atoms with Gasteiger partial charge in [-0.05, 0) is 47.5 Å².